The van der Waals surface area contributed by atoms with Gasteiger partial charge in [0, 0.05) is 24.7 Å². The van der Waals surface area contributed by atoms with E-state index < -0.39 is 0 Å². The zero-order chi connectivity index (χ0) is 12.5. The van der Waals surface area contributed by atoms with Crippen molar-refractivity contribution in [1.82, 2.24) is 10.2 Å². The molecule has 2 rings (SSSR count). The number of piperidine rings is 1. The molecule has 0 radical (unpaired) electrons. The Bertz CT molecular complexity index is 243. The number of rotatable bonds is 3. The molecule has 0 aromatic carbocycles. The molecule has 0 bridgehead atoms. The highest BCUT2D eigenvalue weighted by Gasteiger charge is 2.40. The summed E-state index contributed by atoms with van der Waals surface area (Å²) >= 11 is 0. The van der Waals surface area contributed by atoms with E-state index in [1.165, 1.54) is 25.9 Å². The lowest BCUT2D eigenvalue weighted by Gasteiger charge is -2.39. The van der Waals surface area contributed by atoms with Crippen molar-refractivity contribution in [3.8, 4) is 0 Å². The molecule has 17 heavy (non-hydrogen) atoms. The quantitative estimate of drug-likeness (QED) is 0.784. The fourth-order valence-electron chi connectivity index (χ4n) is 3.87. The Morgan fingerprint density at radius 2 is 1.94 bits per heavy atom. The van der Waals surface area contributed by atoms with Crippen LogP contribution in [0.15, 0.2) is 0 Å². The van der Waals surface area contributed by atoms with E-state index in [0.717, 1.165) is 24.7 Å². The van der Waals surface area contributed by atoms with Gasteiger partial charge in [0.05, 0.1) is 6.61 Å². The highest BCUT2D eigenvalue weighted by Crippen LogP contribution is 2.35. The zero-order valence-corrected chi connectivity index (χ0v) is 11.6. The van der Waals surface area contributed by atoms with Crippen LogP contribution >= 0.6 is 0 Å². The minimum Gasteiger partial charge on any atom is -0.394 e. The molecule has 2 N–H and O–H groups in total. The first-order valence-electron chi connectivity index (χ1n) is 7.12. The lowest BCUT2D eigenvalue weighted by molar-refractivity contribution is 0.0876. The molecule has 1 heterocycles. The summed E-state index contributed by atoms with van der Waals surface area (Å²) in [6.45, 7) is 7.52. The van der Waals surface area contributed by atoms with E-state index in [2.05, 4.69) is 24.1 Å². The first-order chi connectivity index (χ1) is 8.08. The molecule has 0 amide bonds. The summed E-state index contributed by atoms with van der Waals surface area (Å²) in [6.07, 6.45) is 4.84. The minimum atomic E-state index is -0.00537. The first kappa shape index (κ1) is 13.3. The van der Waals surface area contributed by atoms with Crippen molar-refractivity contribution in [1.29, 1.82) is 0 Å². The standard InChI is InChI=1S/C14H28N2O/c1-11-6-12(2)9-16(8-11)13-4-5-14(7-13,10-17)15-3/h11-13,15,17H,4-10H2,1-3H3. The molecule has 100 valence electrons. The molecule has 2 aliphatic rings. The van der Waals surface area contributed by atoms with Crippen molar-refractivity contribution in [2.45, 2.75) is 51.1 Å². The van der Waals surface area contributed by atoms with Crippen molar-refractivity contribution >= 4 is 0 Å². The van der Waals surface area contributed by atoms with Gasteiger partial charge in [-0.15, -0.1) is 0 Å². The van der Waals surface area contributed by atoms with Crippen LogP contribution in [0.2, 0.25) is 0 Å². The summed E-state index contributed by atoms with van der Waals surface area (Å²) in [6, 6.07) is 0.680. The number of nitrogens with one attached hydrogen (secondary N) is 1. The van der Waals surface area contributed by atoms with E-state index in [-0.39, 0.29) is 12.1 Å². The highest BCUT2D eigenvalue weighted by molar-refractivity contribution is 4.99. The summed E-state index contributed by atoms with van der Waals surface area (Å²) in [5, 5.41) is 12.9. The predicted octanol–water partition coefficient (Wildman–Crippen LogP) is 1.47. The van der Waals surface area contributed by atoms with Gasteiger partial charge in [0.15, 0.2) is 0 Å². The molecule has 3 nitrogen and oxygen atoms in total. The Labute approximate surface area is 106 Å². The Morgan fingerprint density at radius 1 is 1.29 bits per heavy atom. The van der Waals surface area contributed by atoms with Gasteiger partial charge < -0.3 is 10.4 Å². The van der Waals surface area contributed by atoms with Crippen molar-refractivity contribution in [2.75, 3.05) is 26.7 Å². The third-order valence-corrected chi connectivity index (χ3v) is 4.83. The molecule has 0 spiro atoms. The molecule has 4 atom stereocenters. The van der Waals surface area contributed by atoms with Crippen LogP contribution in [0, 0.1) is 11.8 Å². The largest absolute Gasteiger partial charge is 0.394 e. The molecule has 0 aromatic rings. The average Bonchev–Trinajstić information content (AvgIpc) is 2.73. The predicted molar refractivity (Wildman–Crippen MR) is 71.0 cm³/mol. The van der Waals surface area contributed by atoms with Gasteiger partial charge in [-0.2, -0.15) is 0 Å². The smallest absolute Gasteiger partial charge is 0.0613 e. The fraction of sp³-hybridized carbons (Fsp3) is 1.00. The summed E-state index contributed by atoms with van der Waals surface area (Å²) in [7, 11) is 1.99. The van der Waals surface area contributed by atoms with Gasteiger partial charge in [0.25, 0.3) is 0 Å². The maximum atomic E-state index is 9.56. The molecular weight excluding hydrogens is 212 g/mol. The van der Waals surface area contributed by atoms with E-state index in [0.29, 0.717) is 6.04 Å². The second-order valence-electron chi connectivity index (χ2n) is 6.49. The molecule has 1 saturated carbocycles. The number of hydrogen-bond acceptors (Lipinski definition) is 3. The second kappa shape index (κ2) is 5.25. The topological polar surface area (TPSA) is 35.5 Å². The molecule has 1 saturated heterocycles. The van der Waals surface area contributed by atoms with Gasteiger partial charge in [-0.1, -0.05) is 13.8 Å². The summed E-state index contributed by atoms with van der Waals surface area (Å²) in [4.78, 5) is 2.67. The van der Waals surface area contributed by atoms with Gasteiger partial charge in [0.2, 0.25) is 0 Å². The van der Waals surface area contributed by atoms with E-state index >= 15 is 0 Å². The number of likely N-dealkylation sites (N-methyl/N-ethyl adjacent to an activating group) is 1. The SMILES string of the molecule is CNC1(CO)CCC(N2CC(C)CC(C)C2)C1. The molecule has 3 heteroatoms. The maximum absolute atomic E-state index is 9.56. The zero-order valence-electron chi connectivity index (χ0n) is 11.6. The molecule has 1 aliphatic heterocycles. The Balaban J connectivity index is 1.95. The lowest BCUT2D eigenvalue weighted by Crippen LogP contribution is -2.48. The Hall–Kier alpha value is -0.120. The van der Waals surface area contributed by atoms with Gasteiger partial charge in [0.1, 0.15) is 0 Å². The van der Waals surface area contributed by atoms with E-state index in [1.807, 2.05) is 7.05 Å². The van der Waals surface area contributed by atoms with Crippen LogP contribution in [-0.4, -0.2) is 48.3 Å². The average molecular weight is 240 g/mol. The van der Waals surface area contributed by atoms with Crippen LogP contribution in [0.4, 0.5) is 0 Å². The van der Waals surface area contributed by atoms with Crippen molar-refractivity contribution in [3.05, 3.63) is 0 Å². The minimum absolute atomic E-state index is 0.00537. The Morgan fingerprint density at radius 3 is 2.41 bits per heavy atom. The van der Waals surface area contributed by atoms with Crippen LogP contribution in [0.5, 0.6) is 0 Å². The van der Waals surface area contributed by atoms with Gasteiger partial charge in [-0.25, -0.2) is 0 Å². The molecule has 0 aromatic heterocycles. The van der Waals surface area contributed by atoms with Gasteiger partial charge in [-0.05, 0) is 44.6 Å². The number of aliphatic hydroxyl groups excluding tert-OH is 1. The second-order valence-corrected chi connectivity index (χ2v) is 6.49. The highest BCUT2D eigenvalue weighted by atomic mass is 16.3. The first-order valence-corrected chi connectivity index (χ1v) is 7.12. The number of hydrogen-bond donors (Lipinski definition) is 2. The van der Waals surface area contributed by atoms with Crippen molar-refractivity contribution < 1.29 is 5.11 Å². The van der Waals surface area contributed by atoms with Crippen molar-refractivity contribution in [2.24, 2.45) is 11.8 Å². The summed E-state index contributed by atoms with van der Waals surface area (Å²) in [5.41, 5.74) is -0.00537. The van der Waals surface area contributed by atoms with E-state index in [1.54, 1.807) is 0 Å². The third-order valence-electron chi connectivity index (χ3n) is 4.83. The van der Waals surface area contributed by atoms with Gasteiger partial charge in [-0.3, -0.25) is 4.90 Å². The summed E-state index contributed by atoms with van der Waals surface area (Å²) in [5.74, 6) is 1.66. The normalized spacial score (nSPS) is 44.1. The summed E-state index contributed by atoms with van der Waals surface area (Å²) < 4.78 is 0. The lowest BCUT2D eigenvalue weighted by atomic mass is 9.90. The van der Waals surface area contributed by atoms with E-state index in [4.69, 9.17) is 0 Å². The van der Waals surface area contributed by atoms with E-state index in [9.17, 15) is 5.11 Å². The van der Waals surface area contributed by atoms with Crippen LogP contribution in [-0.2, 0) is 0 Å². The van der Waals surface area contributed by atoms with Crippen molar-refractivity contribution in [3.63, 3.8) is 0 Å². The van der Waals surface area contributed by atoms with Crippen LogP contribution in [0.25, 0.3) is 0 Å². The fourth-order valence-corrected chi connectivity index (χ4v) is 3.87. The number of aliphatic hydroxyl groups is 1. The molecule has 1 aliphatic carbocycles. The third kappa shape index (κ3) is 2.83. The van der Waals surface area contributed by atoms with Crippen LogP contribution < -0.4 is 5.32 Å². The maximum Gasteiger partial charge on any atom is 0.0613 e. The molecule has 4 unspecified atom stereocenters. The molecular formula is C14H28N2O. The monoisotopic (exact) mass is 240 g/mol. The number of nitrogens with zero attached hydrogens (tertiary/aromatic N) is 1. The Kier molecular flexibility index (Phi) is 4.11. The van der Waals surface area contributed by atoms with Crippen LogP contribution in [0.1, 0.15) is 39.5 Å². The number of likely N-dealkylation sites (tertiary alicyclic amines) is 1. The van der Waals surface area contributed by atoms with Crippen LogP contribution in [0.3, 0.4) is 0 Å². The van der Waals surface area contributed by atoms with Gasteiger partial charge >= 0.3 is 0 Å². The molecule has 2 fully saturated rings.